The Morgan fingerprint density at radius 2 is 1.88 bits per heavy atom. The standard InChI is InChI=1S/C17H11ClF3N3O2/c1-26-13-4-2-10(3-5-13)16(25)24-9-11(7-23-24)15-14(18)6-12(8-22-15)17(19,20)21/h2-9H,1H3. The molecule has 0 aliphatic heterocycles. The van der Waals surface area contributed by atoms with Gasteiger partial charge in [-0.2, -0.15) is 18.3 Å². The Morgan fingerprint density at radius 3 is 2.46 bits per heavy atom. The maximum absolute atomic E-state index is 12.7. The molecule has 0 bridgehead atoms. The first kappa shape index (κ1) is 17.9. The van der Waals surface area contributed by atoms with Crippen LogP contribution in [0.4, 0.5) is 13.2 Å². The molecule has 0 fully saturated rings. The fourth-order valence-electron chi connectivity index (χ4n) is 2.23. The summed E-state index contributed by atoms with van der Waals surface area (Å²) in [5.74, 6) is 0.186. The van der Waals surface area contributed by atoms with Gasteiger partial charge < -0.3 is 4.74 Å². The van der Waals surface area contributed by atoms with Crippen molar-refractivity contribution in [3.8, 4) is 17.0 Å². The van der Waals surface area contributed by atoms with Crippen LogP contribution in [-0.2, 0) is 6.18 Å². The number of hydrogen-bond acceptors (Lipinski definition) is 4. The van der Waals surface area contributed by atoms with Crippen LogP contribution in [0.25, 0.3) is 11.3 Å². The normalized spacial score (nSPS) is 11.4. The van der Waals surface area contributed by atoms with Gasteiger partial charge >= 0.3 is 6.18 Å². The second-order valence-electron chi connectivity index (χ2n) is 5.26. The van der Waals surface area contributed by atoms with Crippen molar-refractivity contribution in [2.45, 2.75) is 6.18 Å². The van der Waals surface area contributed by atoms with E-state index in [2.05, 4.69) is 10.1 Å². The van der Waals surface area contributed by atoms with Gasteiger partial charge in [-0.3, -0.25) is 9.78 Å². The first-order valence-electron chi connectivity index (χ1n) is 7.26. The van der Waals surface area contributed by atoms with Crippen LogP contribution in [0.2, 0.25) is 5.02 Å². The summed E-state index contributed by atoms with van der Waals surface area (Å²) in [4.78, 5) is 16.2. The first-order chi connectivity index (χ1) is 12.3. The van der Waals surface area contributed by atoms with E-state index in [1.807, 2.05) is 0 Å². The highest BCUT2D eigenvalue weighted by Gasteiger charge is 2.31. The Hall–Kier alpha value is -2.87. The van der Waals surface area contributed by atoms with Crippen LogP contribution < -0.4 is 4.74 Å². The van der Waals surface area contributed by atoms with Crippen molar-refractivity contribution in [3.05, 3.63) is 65.1 Å². The predicted molar refractivity (Wildman–Crippen MR) is 88.2 cm³/mol. The van der Waals surface area contributed by atoms with Gasteiger partial charge in [-0.15, -0.1) is 0 Å². The van der Waals surface area contributed by atoms with Crippen LogP contribution in [0.5, 0.6) is 5.75 Å². The molecule has 0 aliphatic rings. The number of hydrogen-bond donors (Lipinski definition) is 0. The molecule has 0 atom stereocenters. The Balaban J connectivity index is 1.88. The van der Waals surface area contributed by atoms with Gasteiger partial charge in [-0.05, 0) is 30.3 Å². The van der Waals surface area contributed by atoms with Gasteiger partial charge in [0.25, 0.3) is 5.91 Å². The van der Waals surface area contributed by atoms with E-state index < -0.39 is 17.6 Å². The van der Waals surface area contributed by atoms with Crippen molar-refractivity contribution in [2.24, 2.45) is 0 Å². The summed E-state index contributed by atoms with van der Waals surface area (Å²) < 4.78 is 44.1. The number of carbonyl (C=O) groups is 1. The topological polar surface area (TPSA) is 57.0 Å². The van der Waals surface area contributed by atoms with Gasteiger partial charge in [0.1, 0.15) is 5.75 Å². The second kappa shape index (κ2) is 6.80. The molecule has 9 heteroatoms. The lowest BCUT2D eigenvalue weighted by Gasteiger charge is -2.08. The highest BCUT2D eigenvalue weighted by molar-refractivity contribution is 6.33. The molecule has 3 aromatic rings. The molecule has 0 spiro atoms. The molecule has 0 amide bonds. The van der Waals surface area contributed by atoms with Crippen LogP contribution in [0.1, 0.15) is 15.9 Å². The van der Waals surface area contributed by atoms with Crippen molar-refractivity contribution >= 4 is 17.5 Å². The average Bonchev–Trinajstić information content (AvgIpc) is 3.10. The maximum atomic E-state index is 12.7. The van der Waals surface area contributed by atoms with Gasteiger partial charge in [-0.25, -0.2) is 4.68 Å². The van der Waals surface area contributed by atoms with Crippen LogP contribution in [0.3, 0.4) is 0 Å². The summed E-state index contributed by atoms with van der Waals surface area (Å²) in [6, 6.07) is 7.20. The molecule has 26 heavy (non-hydrogen) atoms. The van der Waals surface area contributed by atoms with E-state index in [1.165, 1.54) is 19.5 Å². The summed E-state index contributed by atoms with van der Waals surface area (Å²) in [5.41, 5.74) is -0.154. The monoisotopic (exact) mass is 381 g/mol. The molecule has 2 aromatic heterocycles. The summed E-state index contributed by atoms with van der Waals surface area (Å²) >= 11 is 5.91. The number of pyridine rings is 1. The second-order valence-corrected chi connectivity index (χ2v) is 5.67. The van der Waals surface area contributed by atoms with Crippen LogP contribution in [-0.4, -0.2) is 27.8 Å². The zero-order valence-electron chi connectivity index (χ0n) is 13.3. The fourth-order valence-corrected chi connectivity index (χ4v) is 2.50. The van der Waals surface area contributed by atoms with Gasteiger partial charge in [0.2, 0.25) is 0 Å². The van der Waals surface area contributed by atoms with Crippen molar-refractivity contribution in [1.82, 2.24) is 14.8 Å². The number of nitrogens with zero attached hydrogens (tertiary/aromatic N) is 3. The van der Waals surface area contributed by atoms with Crippen molar-refractivity contribution < 1.29 is 22.7 Å². The Morgan fingerprint density at radius 1 is 1.19 bits per heavy atom. The molecule has 0 unspecified atom stereocenters. The number of alkyl halides is 3. The van der Waals surface area contributed by atoms with Crippen LogP contribution in [0.15, 0.2) is 48.9 Å². The van der Waals surface area contributed by atoms with E-state index in [9.17, 15) is 18.0 Å². The third-order valence-corrected chi connectivity index (χ3v) is 3.86. The van der Waals surface area contributed by atoms with Gasteiger partial charge in [0.15, 0.2) is 0 Å². The van der Waals surface area contributed by atoms with Crippen molar-refractivity contribution in [2.75, 3.05) is 7.11 Å². The highest BCUT2D eigenvalue weighted by atomic mass is 35.5. The minimum absolute atomic E-state index is 0.105. The Kier molecular flexibility index (Phi) is 4.69. The summed E-state index contributed by atoms with van der Waals surface area (Å²) in [7, 11) is 1.51. The van der Waals surface area contributed by atoms with Crippen LogP contribution in [0, 0.1) is 0 Å². The largest absolute Gasteiger partial charge is 0.497 e. The number of benzene rings is 1. The molecule has 134 valence electrons. The number of carbonyl (C=O) groups excluding carboxylic acids is 1. The molecular formula is C17H11ClF3N3O2. The zero-order valence-corrected chi connectivity index (χ0v) is 14.0. The van der Waals surface area contributed by atoms with E-state index in [0.717, 1.165) is 10.7 Å². The smallest absolute Gasteiger partial charge is 0.417 e. The van der Waals surface area contributed by atoms with E-state index >= 15 is 0 Å². The zero-order chi connectivity index (χ0) is 18.9. The Labute approximate surface area is 151 Å². The third kappa shape index (κ3) is 3.55. The molecule has 0 N–H and O–H groups in total. The molecular weight excluding hydrogens is 371 g/mol. The number of aromatic nitrogens is 3. The third-order valence-electron chi connectivity index (χ3n) is 3.57. The first-order valence-corrected chi connectivity index (χ1v) is 7.64. The summed E-state index contributed by atoms with van der Waals surface area (Å²) in [6.45, 7) is 0. The Bertz CT molecular complexity index is 953. The van der Waals surface area contributed by atoms with E-state index in [4.69, 9.17) is 16.3 Å². The SMILES string of the molecule is COc1ccc(C(=O)n2cc(-c3ncc(C(F)(F)F)cc3Cl)cn2)cc1. The molecule has 2 heterocycles. The minimum Gasteiger partial charge on any atom is -0.497 e. The lowest BCUT2D eigenvalue weighted by Crippen LogP contribution is -2.12. The number of ether oxygens (including phenoxy) is 1. The highest BCUT2D eigenvalue weighted by Crippen LogP contribution is 2.33. The van der Waals surface area contributed by atoms with E-state index in [-0.39, 0.29) is 10.7 Å². The predicted octanol–water partition coefficient (Wildman–Crippen LogP) is 4.31. The molecule has 5 nitrogen and oxygen atoms in total. The van der Waals surface area contributed by atoms with Gasteiger partial charge in [-0.1, -0.05) is 11.6 Å². The maximum Gasteiger partial charge on any atom is 0.417 e. The number of rotatable bonds is 3. The average molecular weight is 382 g/mol. The summed E-state index contributed by atoms with van der Waals surface area (Å²) in [6.07, 6.45) is -1.19. The van der Waals surface area contributed by atoms with Crippen LogP contribution >= 0.6 is 11.6 Å². The fraction of sp³-hybridized carbons (Fsp3) is 0.118. The number of methoxy groups -OCH3 is 1. The molecule has 0 aliphatic carbocycles. The lowest BCUT2D eigenvalue weighted by molar-refractivity contribution is -0.137. The number of halogens is 4. The minimum atomic E-state index is -4.54. The molecule has 0 saturated carbocycles. The molecule has 0 saturated heterocycles. The molecule has 3 rings (SSSR count). The molecule has 1 aromatic carbocycles. The summed E-state index contributed by atoms with van der Waals surface area (Å²) in [5, 5.41) is 3.75. The van der Waals surface area contributed by atoms with E-state index in [1.54, 1.807) is 24.3 Å². The van der Waals surface area contributed by atoms with Crippen molar-refractivity contribution in [1.29, 1.82) is 0 Å². The lowest BCUT2D eigenvalue weighted by atomic mass is 10.2. The quantitative estimate of drug-likeness (QED) is 0.678. The van der Waals surface area contributed by atoms with Gasteiger partial charge in [0.05, 0.1) is 29.6 Å². The van der Waals surface area contributed by atoms with Gasteiger partial charge in [0, 0.05) is 23.5 Å². The van der Waals surface area contributed by atoms with E-state index in [0.29, 0.717) is 23.1 Å². The molecule has 0 radical (unpaired) electrons. The van der Waals surface area contributed by atoms with Crippen molar-refractivity contribution in [3.63, 3.8) is 0 Å².